The lowest BCUT2D eigenvalue weighted by Gasteiger charge is -1.98. The van der Waals surface area contributed by atoms with E-state index in [4.69, 9.17) is 0 Å². The predicted octanol–water partition coefficient (Wildman–Crippen LogP) is 4.27. The Labute approximate surface area is 88.2 Å². The summed E-state index contributed by atoms with van der Waals surface area (Å²) in [4.78, 5) is 0. The van der Waals surface area contributed by atoms with Crippen LogP contribution in [0, 0.1) is 6.08 Å². The lowest BCUT2D eigenvalue weighted by molar-refractivity contribution is 0.922. The highest BCUT2D eigenvalue weighted by Gasteiger charge is 2.18. The fraction of sp³-hybridized carbons (Fsp3) is 0.462. The fourth-order valence-corrected chi connectivity index (χ4v) is 3.15. The van der Waals surface area contributed by atoms with Crippen molar-refractivity contribution in [3.05, 3.63) is 34.7 Å². The molecule has 2 rings (SSSR count). The fourth-order valence-electron chi connectivity index (χ4n) is 1.90. The Morgan fingerprint density at radius 1 is 1.14 bits per heavy atom. The van der Waals surface area contributed by atoms with E-state index < -0.39 is 0 Å². The SMILES string of the molecule is CCCC1=[C]C2=C(CCC)C=CC2=P1. The van der Waals surface area contributed by atoms with Crippen molar-refractivity contribution in [3.8, 4) is 0 Å². The van der Waals surface area contributed by atoms with Gasteiger partial charge in [0.05, 0.1) is 0 Å². The molecule has 0 saturated heterocycles. The van der Waals surface area contributed by atoms with E-state index >= 15 is 0 Å². The smallest absolute Gasteiger partial charge is 0.0102 e. The van der Waals surface area contributed by atoms with E-state index in [0.29, 0.717) is 0 Å². The molecule has 0 atom stereocenters. The molecule has 1 aliphatic heterocycles. The molecular weight excluding hydrogens is 187 g/mol. The first kappa shape index (κ1) is 9.93. The van der Waals surface area contributed by atoms with Crippen molar-refractivity contribution < 1.29 is 0 Å². The Bertz CT molecular complexity index is 353. The van der Waals surface area contributed by atoms with Gasteiger partial charge in [-0.25, -0.2) is 0 Å². The molecule has 0 fully saturated rings. The first-order valence-electron chi connectivity index (χ1n) is 5.48. The topological polar surface area (TPSA) is 0 Å². The maximum absolute atomic E-state index is 3.57. The van der Waals surface area contributed by atoms with Gasteiger partial charge in [0, 0.05) is 5.29 Å². The molecule has 0 bridgehead atoms. The summed E-state index contributed by atoms with van der Waals surface area (Å²) in [5.74, 6) is 0. The van der Waals surface area contributed by atoms with Gasteiger partial charge in [0.25, 0.3) is 0 Å². The molecule has 2 aliphatic rings. The van der Waals surface area contributed by atoms with Crippen LogP contribution in [0.3, 0.4) is 0 Å². The minimum atomic E-state index is 1.21. The molecule has 1 radical (unpaired) electrons. The van der Waals surface area contributed by atoms with Crippen LogP contribution in [-0.4, -0.2) is 5.29 Å². The molecule has 0 N–H and O–H groups in total. The zero-order valence-corrected chi connectivity index (χ0v) is 9.82. The molecule has 0 nitrogen and oxygen atoms in total. The van der Waals surface area contributed by atoms with Gasteiger partial charge in [-0.2, -0.15) is 0 Å². The van der Waals surface area contributed by atoms with E-state index in [0.717, 1.165) is 0 Å². The van der Waals surface area contributed by atoms with Gasteiger partial charge in [0.1, 0.15) is 0 Å². The summed E-state index contributed by atoms with van der Waals surface area (Å²) in [5.41, 5.74) is 2.91. The van der Waals surface area contributed by atoms with Crippen LogP contribution in [0.5, 0.6) is 0 Å². The van der Waals surface area contributed by atoms with Crippen molar-refractivity contribution in [3.63, 3.8) is 0 Å². The van der Waals surface area contributed by atoms with Crippen molar-refractivity contribution in [2.45, 2.75) is 39.5 Å². The standard InChI is InChI=1S/C13H16P/c1-3-5-10-7-8-13-12(10)9-11(14-13)6-4-2/h7-8H,3-6H2,1-2H3. The molecule has 0 aromatic heterocycles. The summed E-state index contributed by atoms with van der Waals surface area (Å²) in [6, 6.07) is 0. The molecule has 0 unspecified atom stereocenters. The van der Waals surface area contributed by atoms with Crippen LogP contribution in [0.2, 0.25) is 0 Å². The van der Waals surface area contributed by atoms with Crippen molar-refractivity contribution in [2.24, 2.45) is 0 Å². The van der Waals surface area contributed by atoms with Crippen LogP contribution in [-0.2, 0) is 0 Å². The summed E-state index contributed by atoms with van der Waals surface area (Å²) >= 11 is 0. The van der Waals surface area contributed by atoms with Crippen LogP contribution < -0.4 is 0 Å². The van der Waals surface area contributed by atoms with E-state index in [-0.39, 0.29) is 0 Å². The van der Waals surface area contributed by atoms with Gasteiger partial charge < -0.3 is 0 Å². The van der Waals surface area contributed by atoms with Crippen LogP contribution in [0.25, 0.3) is 0 Å². The normalized spacial score (nSPS) is 19.9. The minimum Gasteiger partial charge on any atom is -0.0651 e. The van der Waals surface area contributed by atoms with E-state index in [1.54, 1.807) is 0 Å². The molecular formula is C13H16P. The molecule has 1 aliphatic carbocycles. The average molecular weight is 203 g/mol. The van der Waals surface area contributed by atoms with Crippen LogP contribution in [0.4, 0.5) is 0 Å². The maximum atomic E-state index is 3.57. The van der Waals surface area contributed by atoms with Crippen molar-refractivity contribution in [1.82, 2.24) is 0 Å². The quantitative estimate of drug-likeness (QED) is 0.598. The van der Waals surface area contributed by atoms with Gasteiger partial charge in [-0.05, 0) is 41.5 Å². The maximum Gasteiger partial charge on any atom is 0.0102 e. The lowest BCUT2D eigenvalue weighted by Crippen LogP contribution is -1.87. The van der Waals surface area contributed by atoms with Crippen molar-refractivity contribution in [1.29, 1.82) is 0 Å². The summed E-state index contributed by atoms with van der Waals surface area (Å²) < 4.78 is 0. The van der Waals surface area contributed by atoms with Crippen LogP contribution >= 0.6 is 8.20 Å². The average Bonchev–Trinajstić information content (AvgIpc) is 2.69. The first-order chi connectivity index (χ1) is 6.85. The van der Waals surface area contributed by atoms with Gasteiger partial charge in [0.15, 0.2) is 0 Å². The van der Waals surface area contributed by atoms with E-state index in [9.17, 15) is 0 Å². The molecule has 1 heterocycles. The molecule has 0 spiro atoms. The van der Waals surface area contributed by atoms with E-state index in [2.05, 4.69) is 32.1 Å². The zero-order chi connectivity index (χ0) is 9.97. The summed E-state index contributed by atoms with van der Waals surface area (Å²) in [6.07, 6.45) is 13.0. The Morgan fingerprint density at radius 3 is 2.64 bits per heavy atom. The first-order valence-corrected chi connectivity index (χ1v) is 6.37. The highest BCUT2D eigenvalue weighted by atomic mass is 31.1. The molecule has 0 saturated carbocycles. The van der Waals surface area contributed by atoms with Crippen LogP contribution in [0.1, 0.15) is 39.5 Å². The number of rotatable bonds is 4. The summed E-state index contributed by atoms with van der Waals surface area (Å²) in [7, 11) is 1.41. The predicted molar refractivity (Wildman–Crippen MR) is 64.7 cm³/mol. The minimum absolute atomic E-state index is 1.21. The van der Waals surface area contributed by atoms with Gasteiger partial charge in [-0.3, -0.25) is 0 Å². The second-order valence-corrected chi connectivity index (χ2v) is 5.05. The second kappa shape index (κ2) is 4.28. The third kappa shape index (κ3) is 1.77. The molecule has 1 heteroatoms. The Balaban J connectivity index is 2.21. The number of hydrogen-bond donors (Lipinski definition) is 0. The molecule has 14 heavy (non-hydrogen) atoms. The molecule has 0 amide bonds. The highest BCUT2D eigenvalue weighted by Crippen LogP contribution is 2.37. The molecule has 73 valence electrons. The number of hydrogen-bond acceptors (Lipinski definition) is 0. The van der Waals surface area contributed by atoms with Gasteiger partial charge >= 0.3 is 0 Å². The Morgan fingerprint density at radius 2 is 1.93 bits per heavy atom. The third-order valence-electron chi connectivity index (χ3n) is 2.55. The molecule has 0 aromatic carbocycles. The second-order valence-electron chi connectivity index (χ2n) is 3.80. The van der Waals surface area contributed by atoms with Crippen molar-refractivity contribution >= 4 is 13.5 Å². The third-order valence-corrected chi connectivity index (χ3v) is 3.77. The monoisotopic (exact) mass is 203 g/mol. The number of allylic oxidation sites excluding steroid dienone is 6. The van der Waals surface area contributed by atoms with E-state index in [1.807, 2.05) is 0 Å². The lowest BCUT2D eigenvalue weighted by atomic mass is 10.1. The van der Waals surface area contributed by atoms with E-state index in [1.165, 1.54) is 55.6 Å². The Hall–Kier alpha value is -0.610. The summed E-state index contributed by atoms with van der Waals surface area (Å²) in [5, 5.41) is 2.97. The van der Waals surface area contributed by atoms with Gasteiger partial charge in [-0.1, -0.05) is 41.0 Å². The number of fused-ring (bicyclic) bond motifs is 1. The molecule has 0 aromatic rings. The zero-order valence-electron chi connectivity index (χ0n) is 8.93. The van der Waals surface area contributed by atoms with Gasteiger partial charge in [0.2, 0.25) is 0 Å². The van der Waals surface area contributed by atoms with Crippen molar-refractivity contribution in [2.75, 3.05) is 0 Å². The van der Waals surface area contributed by atoms with Gasteiger partial charge in [-0.15, -0.1) is 0 Å². The largest absolute Gasteiger partial charge is 0.0651 e. The highest BCUT2D eigenvalue weighted by molar-refractivity contribution is 7.47. The summed E-state index contributed by atoms with van der Waals surface area (Å²) in [6.45, 7) is 4.48. The van der Waals surface area contributed by atoms with Crippen LogP contribution in [0.15, 0.2) is 28.6 Å². The Kier molecular flexibility index (Phi) is 3.03.